The second-order valence-electron chi connectivity index (χ2n) is 6.39. The van der Waals surface area contributed by atoms with Crippen molar-refractivity contribution in [2.75, 3.05) is 5.73 Å². The Bertz CT molecular complexity index is 1260. The number of fused-ring (bicyclic) bond motifs is 2. The highest BCUT2D eigenvalue weighted by molar-refractivity contribution is 5.81. The maximum Gasteiger partial charge on any atom is 0.332 e. The summed E-state index contributed by atoms with van der Waals surface area (Å²) in [5.41, 5.74) is 7.22. The van der Waals surface area contributed by atoms with E-state index in [9.17, 15) is 9.59 Å². The van der Waals surface area contributed by atoms with Gasteiger partial charge in [-0.2, -0.15) is 0 Å². The second kappa shape index (κ2) is 6.34. The van der Waals surface area contributed by atoms with Crippen molar-refractivity contribution < 1.29 is 0 Å². The molecule has 4 aromatic rings. The minimum atomic E-state index is -0.383. The van der Waals surface area contributed by atoms with Crippen LogP contribution in [0.2, 0.25) is 0 Å². The molecule has 4 rings (SSSR count). The molecule has 0 radical (unpaired) electrons. The molecule has 0 unspecified atom stereocenters. The zero-order valence-electron chi connectivity index (χ0n) is 15.0. The lowest BCUT2D eigenvalue weighted by Crippen LogP contribution is -2.37. The molecular formula is C16H19N9O2. The summed E-state index contributed by atoms with van der Waals surface area (Å²) in [7, 11) is 3.08. The molecule has 11 heteroatoms. The van der Waals surface area contributed by atoms with Crippen LogP contribution >= 0.6 is 0 Å². The molecule has 0 aliphatic rings. The van der Waals surface area contributed by atoms with E-state index in [1.54, 1.807) is 24.3 Å². The molecule has 2 N–H and O–H groups in total. The van der Waals surface area contributed by atoms with Crippen LogP contribution in [-0.2, 0) is 27.2 Å². The van der Waals surface area contributed by atoms with Crippen molar-refractivity contribution >= 4 is 28.1 Å². The molecule has 140 valence electrons. The average Bonchev–Trinajstić information content (AvgIpc) is 3.27. The monoisotopic (exact) mass is 369 g/mol. The Balaban J connectivity index is 1.50. The summed E-state index contributed by atoms with van der Waals surface area (Å²) in [4.78, 5) is 41.1. The first kappa shape index (κ1) is 16.9. The highest BCUT2D eigenvalue weighted by Gasteiger charge is 2.14. The van der Waals surface area contributed by atoms with Gasteiger partial charge in [0.25, 0.3) is 5.56 Å². The maximum absolute atomic E-state index is 12.4. The third kappa shape index (κ3) is 2.67. The van der Waals surface area contributed by atoms with E-state index in [1.807, 2.05) is 4.57 Å². The molecule has 0 fully saturated rings. The van der Waals surface area contributed by atoms with Gasteiger partial charge in [-0.05, 0) is 12.8 Å². The minimum absolute atomic E-state index is 0.335. The summed E-state index contributed by atoms with van der Waals surface area (Å²) in [6, 6.07) is 0. The molecule has 4 heterocycles. The molecular weight excluding hydrogens is 350 g/mol. The van der Waals surface area contributed by atoms with Gasteiger partial charge in [0, 0.05) is 27.2 Å². The van der Waals surface area contributed by atoms with Gasteiger partial charge in [-0.15, -0.1) is 0 Å². The number of hydrogen-bond acceptors (Lipinski definition) is 7. The molecule has 0 spiro atoms. The maximum atomic E-state index is 12.4. The van der Waals surface area contributed by atoms with Crippen LogP contribution < -0.4 is 17.0 Å². The van der Waals surface area contributed by atoms with Crippen LogP contribution in [0, 0.1) is 0 Å². The summed E-state index contributed by atoms with van der Waals surface area (Å²) in [5.74, 6) is 0.366. The van der Waals surface area contributed by atoms with Crippen LogP contribution in [0.5, 0.6) is 0 Å². The van der Waals surface area contributed by atoms with E-state index < -0.39 is 0 Å². The van der Waals surface area contributed by atoms with Crippen molar-refractivity contribution in [3.8, 4) is 0 Å². The molecule has 0 atom stereocenters. The number of aromatic nitrogens is 8. The highest BCUT2D eigenvalue weighted by atomic mass is 16.2. The number of hydrogen-bond donors (Lipinski definition) is 1. The quantitative estimate of drug-likeness (QED) is 0.475. The van der Waals surface area contributed by atoms with Gasteiger partial charge in [-0.3, -0.25) is 13.9 Å². The summed E-state index contributed by atoms with van der Waals surface area (Å²) in [6.07, 6.45) is 6.40. The van der Waals surface area contributed by atoms with E-state index in [-0.39, 0.29) is 11.2 Å². The highest BCUT2D eigenvalue weighted by Crippen LogP contribution is 2.15. The number of aryl methyl sites for hydroxylation is 3. The van der Waals surface area contributed by atoms with Crippen molar-refractivity contribution in [1.82, 2.24) is 38.2 Å². The van der Waals surface area contributed by atoms with Crippen molar-refractivity contribution in [2.24, 2.45) is 14.1 Å². The number of nitrogen functional groups attached to an aromatic ring is 1. The molecule has 11 nitrogen and oxygen atoms in total. The Kier molecular flexibility index (Phi) is 3.98. The predicted molar refractivity (Wildman–Crippen MR) is 99.2 cm³/mol. The van der Waals surface area contributed by atoms with Crippen molar-refractivity contribution in [3.05, 3.63) is 39.8 Å². The Hall–Kier alpha value is -3.50. The topological polar surface area (TPSA) is 131 Å². The molecule has 0 amide bonds. The lowest BCUT2D eigenvalue weighted by atomic mass is 10.3. The summed E-state index contributed by atoms with van der Waals surface area (Å²) >= 11 is 0. The van der Waals surface area contributed by atoms with Gasteiger partial charge in [0.15, 0.2) is 22.6 Å². The van der Waals surface area contributed by atoms with Gasteiger partial charge < -0.3 is 14.9 Å². The summed E-state index contributed by atoms with van der Waals surface area (Å²) in [6.45, 7) is 1.34. The van der Waals surface area contributed by atoms with Gasteiger partial charge in [0.05, 0.1) is 12.7 Å². The van der Waals surface area contributed by atoms with Gasteiger partial charge in [-0.1, -0.05) is 0 Å². The fourth-order valence-corrected chi connectivity index (χ4v) is 3.19. The first-order chi connectivity index (χ1) is 13.0. The van der Waals surface area contributed by atoms with Crippen LogP contribution in [0.15, 0.2) is 28.6 Å². The molecule has 0 bridgehead atoms. The number of nitrogens with zero attached hydrogens (tertiary/aromatic N) is 8. The fourth-order valence-electron chi connectivity index (χ4n) is 3.19. The van der Waals surface area contributed by atoms with E-state index in [0.29, 0.717) is 34.7 Å². The molecule has 0 saturated heterocycles. The van der Waals surface area contributed by atoms with Gasteiger partial charge >= 0.3 is 5.69 Å². The normalized spacial score (nSPS) is 11.6. The zero-order chi connectivity index (χ0) is 19.1. The van der Waals surface area contributed by atoms with E-state index >= 15 is 0 Å². The molecule has 4 aromatic heterocycles. The van der Waals surface area contributed by atoms with Crippen LogP contribution in [0.4, 0.5) is 5.82 Å². The lowest BCUT2D eigenvalue weighted by Gasteiger charge is -2.07. The van der Waals surface area contributed by atoms with Crippen LogP contribution in [0.1, 0.15) is 12.8 Å². The molecule has 0 aromatic carbocycles. The third-order valence-electron chi connectivity index (χ3n) is 4.69. The minimum Gasteiger partial charge on any atom is -0.382 e. The molecule has 0 aliphatic carbocycles. The van der Waals surface area contributed by atoms with Gasteiger partial charge in [-0.25, -0.2) is 24.7 Å². The van der Waals surface area contributed by atoms with Crippen LogP contribution in [0.3, 0.4) is 0 Å². The van der Waals surface area contributed by atoms with E-state index in [0.717, 1.165) is 24.0 Å². The van der Waals surface area contributed by atoms with Crippen molar-refractivity contribution in [1.29, 1.82) is 0 Å². The van der Waals surface area contributed by atoms with E-state index in [4.69, 9.17) is 5.73 Å². The Morgan fingerprint density at radius 3 is 2.37 bits per heavy atom. The molecule has 0 saturated carbocycles. The van der Waals surface area contributed by atoms with Crippen LogP contribution in [0.25, 0.3) is 22.3 Å². The molecule has 27 heavy (non-hydrogen) atoms. The van der Waals surface area contributed by atoms with Gasteiger partial charge in [0.2, 0.25) is 0 Å². The second-order valence-corrected chi connectivity index (χ2v) is 6.39. The number of unbranched alkanes of at least 4 members (excludes halogenated alkanes) is 1. The Labute approximate surface area is 152 Å². The van der Waals surface area contributed by atoms with Crippen LogP contribution in [-0.4, -0.2) is 38.2 Å². The number of rotatable bonds is 5. The summed E-state index contributed by atoms with van der Waals surface area (Å²) < 4.78 is 6.21. The molecule has 0 aliphatic heterocycles. The standard InChI is InChI=1S/C16H19N9O2/c1-22-14-11(15(26)23(2)16(22)27)24(9-21-14)5-3-4-6-25-8-20-10-12(17)18-7-19-13(10)25/h7-9H,3-6H2,1-2H3,(H2,17,18,19). The third-order valence-corrected chi connectivity index (χ3v) is 4.69. The number of anilines is 1. The van der Waals surface area contributed by atoms with Crippen molar-refractivity contribution in [2.45, 2.75) is 25.9 Å². The first-order valence-electron chi connectivity index (χ1n) is 8.51. The largest absolute Gasteiger partial charge is 0.382 e. The first-order valence-corrected chi connectivity index (χ1v) is 8.51. The predicted octanol–water partition coefficient (Wildman–Crippen LogP) is -0.364. The zero-order valence-corrected chi connectivity index (χ0v) is 15.0. The SMILES string of the molecule is Cn1c(=O)c2c(ncn2CCCCn2cnc3c(N)ncnc32)n(C)c1=O. The van der Waals surface area contributed by atoms with Gasteiger partial charge in [0.1, 0.15) is 11.8 Å². The fraction of sp³-hybridized carbons (Fsp3) is 0.375. The smallest absolute Gasteiger partial charge is 0.332 e. The number of nitrogens with two attached hydrogens (primary N) is 1. The van der Waals surface area contributed by atoms with E-state index in [1.165, 1.54) is 17.9 Å². The average molecular weight is 369 g/mol. The van der Waals surface area contributed by atoms with E-state index in [2.05, 4.69) is 19.9 Å². The Morgan fingerprint density at radius 1 is 0.889 bits per heavy atom. The number of imidazole rings is 2. The lowest BCUT2D eigenvalue weighted by molar-refractivity contribution is 0.562. The van der Waals surface area contributed by atoms with Crippen molar-refractivity contribution in [3.63, 3.8) is 0 Å². The Morgan fingerprint density at radius 2 is 1.59 bits per heavy atom. The summed E-state index contributed by atoms with van der Waals surface area (Å²) in [5, 5.41) is 0.